The van der Waals surface area contributed by atoms with Crippen molar-refractivity contribution < 1.29 is 5.11 Å². The van der Waals surface area contributed by atoms with Gasteiger partial charge in [-0.2, -0.15) is 0 Å². The molecule has 0 aliphatic rings. The van der Waals surface area contributed by atoms with Gasteiger partial charge >= 0.3 is 0 Å². The lowest BCUT2D eigenvalue weighted by molar-refractivity contribution is 0.177. The van der Waals surface area contributed by atoms with E-state index in [1.807, 2.05) is 20.8 Å². The van der Waals surface area contributed by atoms with E-state index < -0.39 is 4.30 Å². The first-order valence-corrected chi connectivity index (χ1v) is 4.13. The van der Waals surface area contributed by atoms with E-state index in [2.05, 4.69) is 0 Å². The normalized spacial score (nSPS) is 10.8. The standard InChI is InChI=1S/C5H12O.CHCl3/c1-5(2,3)4-6;2-1(3)4/h6H,4H2,1-3H3;1H. The molecule has 0 amide bonds. The Labute approximate surface area is 77.3 Å². The zero-order chi connectivity index (χ0) is 8.78. The molecular weight excluding hydrogens is 194 g/mol. The number of aliphatic hydroxyl groups is 1. The number of aliphatic hydroxyl groups excluding tert-OH is 1. The molecule has 4 heteroatoms. The summed E-state index contributed by atoms with van der Waals surface area (Å²) in [6, 6.07) is 0. The molecule has 64 valence electrons. The van der Waals surface area contributed by atoms with Crippen LogP contribution < -0.4 is 0 Å². The predicted molar refractivity (Wildman–Crippen MR) is 47.9 cm³/mol. The third kappa shape index (κ3) is 36.9. The molecule has 0 aromatic carbocycles. The van der Waals surface area contributed by atoms with Crippen LogP contribution in [0.3, 0.4) is 0 Å². The molecule has 0 heterocycles. The first kappa shape index (κ1) is 13.4. The molecule has 1 nitrogen and oxygen atoms in total. The van der Waals surface area contributed by atoms with Gasteiger partial charge in [-0.15, -0.1) is 0 Å². The molecule has 0 bridgehead atoms. The fourth-order valence-electron chi connectivity index (χ4n) is 0. The summed E-state index contributed by atoms with van der Waals surface area (Å²) in [5.41, 5.74) is 0.0972. The van der Waals surface area contributed by atoms with Crippen molar-refractivity contribution in [3.63, 3.8) is 0 Å². The molecule has 0 unspecified atom stereocenters. The van der Waals surface area contributed by atoms with Crippen molar-refractivity contribution in [2.24, 2.45) is 5.41 Å². The second-order valence-electron chi connectivity index (χ2n) is 2.97. The van der Waals surface area contributed by atoms with Gasteiger partial charge in [0.25, 0.3) is 0 Å². The molecule has 10 heavy (non-hydrogen) atoms. The zero-order valence-corrected chi connectivity index (χ0v) is 8.63. The summed E-state index contributed by atoms with van der Waals surface area (Å²) >= 11 is 14.4. The Balaban J connectivity index is 0. The fraction of sp³-hybridized carbons (Fsp3) is 1.00. The second-order valence-corrected chi connectivity index (χ2v) is 4.95. The summed E-state index contributed by atoms with van der Waals surface area (Å²) in [5.74, 6) is 0. The van der Waals surface area contributed by atoms with Crippen LogP contribution in [0, 0.1) is 5.41 Å². The second kappa shape index (κ2) is 6.53. The molecule has 0 aromatic heterocycles. The molecule has 0 aliphatic carbocycles. The molecule has 0 atom stereocenters. The zero-order valence-electron chi connectivity index (χ0n) is 6.37. The highest BCUT2D eigenvalue weighted by molar-refractivity contribution is 6.63. The van der Waals surface area contributed by atoms with E-state index in [0.29, 0.717) is 0 Å². The molecule has 0 radical (unpaired) electrons. The SMILES string of the molecule is CC(C)(C)CO.ClC(Cl)Cl. The number of hydrogen-bond donors (Lipinski definition) is 1. The lowest BCUT2D eigenvalue weighted by Gasteiger charge is -2.11. The molecular formula is C6H13Cl3O. The van der Waals surface area contributed by atoms with Crippen molar-refractivity contribution in [1.82, 2.24) is 0 Å². The van der Waals surface area contributed by atoms with Gasteiger partial charge in [0, 0.05) is 6.61 Å². The van der Waals surface area contributed by atoms with E-state index in [9.17, 15) is 0 Å². The Kier molecular flexibility index (Phi) is 8.77. The molecule has 0 aliphatic heterocycles. The van der Waals surface area contributed by atoms with Crippen LogP contribution in [0.1, 0.15) is 20.8 Å². The predicted octanol–water partition coefficient (Wildman–Crippen LogP) is 3.01. The molecule has 0 saturated carbocycles. The minimum absolute atomic E-state index is 0.0972. The average molecular weight is 208 g/mol. The largest absolute Gasteiger partial charge is 0.396 e. The third-order valence-electron chi connectivity index (χ3n) is 0.474. The Hall–Kier alpha value is 0.830. The molecule has 0 aromatic rings. The number of halogens is 3. The van der Waals surface area contributed by atoms with E-state index in [4.69, 9.17) is 39.9 Å². The summed E-state index contributed by atoms with van der Waals surface area (Å²) in [6.45, 7) is 6.25. The van der Waals surface area contributed by atoms with E-state index in [0.717, 1.165) is 0 Å². The van der Waals surface area contributed by atoms with Crippen molar-refractivity contribution in [2.75, 3.05) is 6.61 Å². The maximum Gasteiger partial charge on any atom is 0.180 e. The highest BCUT2D eigenvalue weighted by Gasteiger charge is 2.05. The Morgan fingerprint density at radius 1 is 1.20 bits per heavy atom. The average Bonchev–Trinajstić information content (AvgIpc) is 1.63. The highest BCUT2D eigenvalue weighted by atomic mass is 35.6. The maximum atomic E-state index is 8.40. The number of alkyl halides is 3. The molecule has 0 spiro atoms. The fourth-order valence-corrected chi connectivity index (χ4v) is 0. The van der Waals surface area contributed by atoms with Gasteiger partial charge in [0.05, 0.1) is 0 Å². The first-order valence-electron chi connectivity index (χ1n) is 2.82. The molecule has 0 rings (SSSR count). The van der Waals surface area contributed by atoms with Gasteiger partial charge in [-0.1, -0.05) is 55.6 Å². The lowest BCUT2D eigenvalue weighted by atomic mass is 9.99. The van der Waals surface area contributed by atoms with Crippen LogP contribution in [0.15, 0.2) is 0 Å². The Morgan fingerprint density at radius 3 is 1.30 bits per heavy atom. The summed E-state index contributed by atoms with van der Waals surface area (Å²) < 4.78 is -0.750. The van der Waals surface area contributed by atoms with Crippen molar-refractivity contribution in [3.8, 4) is 0 Å². The van der Waals surface area contributed by atoms with E-state index in [1.165, 1.54) is 0 Å². The van der Waals surface area contributed by atoms with E-state index in [1.54, 1.807) is 0 Å². The lowest BCUT2D eigenvalue weighted by Crippen LogP contribution is -2.09. The molecule has 1 N–H and O–H groups in total. The minimum atomic E-state index is -0.750. The van der Waals surface area contributed by atoms with Crippen LogP contribution in [0.5, 0.6) is 0 Å². The summed E-state index contributed by atoms with van der Waals surface area (Å²) in [7, 11) is 0. The van der Waals surface area contributed by atoms with Gasteiger partial charge < -0.3 is 5.11 Å². The third-order valence-corrected chi connectivity index (χ3v) is 0.474. The van der Waals surface area contributed by atoms with Gasteiger partial charge in [0.1, 0.15) is 0 Å². The highest BCUT2D eigenvalue weighted by Crippen LogP contribution is 2.09. The van der Waals surface area contributed by atoms with Gasteiger partial charge in [-0.25, -0.2) is 0 Å². The topological polar surface area (TPSA) is 20.2 Å². The van der Waals surface area contributed by atoms with Gasteiger partial charge in [-0.3, -0.25) is 0 Å². The Morgan fingerprint density at radius 2 is 1.30 bits per heavy atom. The summed E-state index contributed by atoms with van der Waals surface area (Å²) in [6.07, 6.45) is 0. The van der Waals surface area contributed by atoms with Gasteiger partial charge in [0.2, 0.25) is 0 Å². The van der Waals surface area contributed by atoms with Gasteiger partial charge in [-0.05, 0) is 5.41 Å². The van der Waals surface area contributed by atoms with Crippen LogP contribution in [-0.4, -0.2) is 16.0 Å². The van der Waals surface area contributed by atoms with Crippen LogP contribution >= 0.6 is 34.8 Å². The summed E-state index contributed by atoms with van der Waals surface area (Å²) in [4.78, 5) is 0. The minimum Gasteiger partial charge on any atom is -0.396 e. The van der Waals surface area contributed by atoms with E-state index >= 15 is 0 Å². The molecule has 0 saturated heterocycles. The smallest absolute Gasteiger partial charge is 0.180 e. The van der Waals surface area contributed by atoms with Crippen LogP contribution in [0.4, 0.5) is 0 Å². The van der Waals surface area contributed by atoms with Crippen LogP contribution in [0.25, 0.3) is 0 Å². The number of rotatable bonds is 0. The monoisotopic (exact) mass is 206 g/mol. The van der Waals surface area contributed by atoms with Gasteiger partial charge in [0.15, 0.2) is 4.30 Å². The maximum absolute atomic E-state index is 8.40. The van der Waals surface area contributed by atoms with Crippen LogP contribution in [-0.2, 0) is 0 Å². The Bertz CT molecular complexity index is 65.1. The van der Waals surface area contributed by atoms with E-state index in [-0.39, 0.29) is 12.0 Å². The summed E-state index contributed by atoms with van der Waals surface area (Å²) in [5, 5.41) is 8.40. The van der Waals surface area contributed by atoms with Crippen molar-refractivity contribution in [2.45, 2.75) is 25.1 Å². The molecule has 0 fully saturated rings. The van der Waals surface area contributed by atoms with Crippen molar-refractivity contribution in [1.29, 1.82) is 0 Å². The van der Waals surface area contributed by atoms with Crippen molar-refractivity contribution in [3.05, 3.63) is 0 Å². The van der Waals surface area contributed by atoms with Crippen molar-refractivity contribution >= 4 is 34.8 Å². The first-order chi connectivity index (χ1) is 4.29. The number of hydrogen-bond acceptors (Lipinski definition) is 1. The quantitative estimate of drug-likeness (QED) is 0.606. The van der Waals surface area contributed by atoms with Crippen LogP contribution in [0.2, 0.25) is 0 Å².